The van der Waals surface area contributed by atoms with Gasteiger partial charge in [0.1, 0.15) is 4.83 Å². The highest BCUT2D eigenvalue weighted by Gasteiger charge is 2.15. The Morgan fingerprint density at radius 1 is 1.23 bits per heavy atom. The summed E-state index contributed by atoms with van der Waals surface area (Å²) in [4.78, 5) is 24.0. The van der Waals surface area contributed by atoms with Crippen LogP contribution in [-0.4, -0.2) is 30.1 Å². The van der Waals surface area contributed by atoms with Crippen molar-refractivity contribution in [1.29, 1.82) is 0 Å². The average Bonchev–Trinajstić information content (AvgIpc) is 3.41. The number of aromatic nitrogens is 5. The summed E-state index contributed by atoms with van der Waals surface area (Å²) in [5, 5.41) is 9.16. The normalized spacial score (nSPS) is 11.4. The van der Waals surface area contributed by atoms with Gasteiger partial charge in [0.05, 0.1) is 10.4 Å². The Hall–Kier alpha value is -3.04. The molecule has 0 saturated heterocycles. The Balaban J connectivity index is 1.39. The molecule has 7 nitrogen and oxygen atoms in total. The topological polar surface area (TPSA) is 77.1 Å². The Labute approximate surface area is 155 Å². The third kappa shape index (κ3) is 2.49. The van der Waals surface area contributed by atoms with E-state index in [2.05, 4.69) is 20.4 Å². The van der Waals surface area contributed by atoms with E-state index in [1.165, 1.54) is 11.3 Å². The van der Waals surface area contributed by atoms with E-state index in [4.69, 9.17) is 0 Å². The molecule has 0 bridgehead atoms. The van der Waals surface area contributed by atoms with Crippen molar-refractivity contribution in [3.8, 4) is 5.82 Å². The lowest BCUT2D eigenvalue weighted by molar-refractivity contribution is 0.0955. The number of hydrogen-bond donors (Lipinski definition) is 1. The summed E-state index contributed by atoms with van der Waals surface area (Å²) in [5.74, 6) is 0.590. The van der Waals surface area contributed by atoms with E-state index in [0.717, 1.165) is 20.9 Å². The quantitative estimate of drug-likeness (QED) is 0.520. The minimum Gasteiger partial charge on any atom is -0.347 e. The van der Waals surface area contributed by atoms with Gasteiger partial charge in [0.15, 0.2) is 10.8 Å². The molecule has 9 heteroatoms. The first kappa shape index (κ1) is 15.2. The number of thiophene rings is 1. The second kappa shape index (κ2) is 6.04. The zero-order valence-corrected chi connectivity index (χ0v) is 15.0. The zero-order chi connectivity index (χ0) is 17.5. The molecule has 128 valence electrons. The number of imidazole rings is 1. The van der Waals surface area contributed by atoms with Crippen LogP contribution in [0.1, 0.15) is 15.2 Å². The predicted molar refractivity (Wildman–Crippen MR) is 101 cm³/mol. The number of carbonyl (C=O) groups excluding carboxylic acids is 1. The summed E-state index contributed by atoms with van der Waals surface area (Å²) in [5.41, 5.74) is 1.86. The fourth-order valence-electron chi connectivity index (χ4n) is 2.79. The van der Waals surface area contributed by atoms with Crippen LogP contribution in [0.4, 0.5) is 0 Å². The number of nitrogens with zero attached hydrogens (tertiary/aromatic N) is 5. The van der Waals surface area contributed by atoms with E-state index < -0.39 is 0 Å². The van der Waals surface area contributed by atoms with Gasteiger partial charge < -0.3 is 5.32 Å². The van der Waals surface area contributed by atoms with Crippen LogP contribution in [0.25, 0.3) is 21.1 Å². The van der Waals surface area contributed by atoms with Crippen LogP contribution < -0.4 is 5.32 Å². The Morgan fingerprint density at radius 3 is 3.08 bits per heavy atom. The maximum atomic E-state index is 12.6. The van der Waals surface area contributed by atoms with E-state index >= 15 is 0 Å². The lowest BCUT2D eigenvalue weighted by atomic mass is 10.2. The number of nitrogens with one attached hydrogen (secondary N) is 1. The van der Waals surface area contributed by atoms with Gasteiger partial charge in [0, 0.05) is 42.3 Å². The zero-order valence-electron chi connectivity index (χ0n) is 13.4. The highest BCUT2D eigenvalue weighted by atomic mass is 32.1. The molecule has 0 atom stereocenters. The molecule has 5 aromatic rings. The molecule has 1 amide bonds. The van der Waals surface area contributed by atoms with Crippen LogP contribution in [0.3, 0.4) is 0 Å². The van der Waals surface area contributed by atoms with Crippen LogP contribution in [0.5, 0.6) is 0 Å². The summed E-state index contributed by atoms with van der Waals surface area (Å²) >= 11 is 2.98. The van der Waals surface area contributed by atoms with Crippen LogP contribution in [0, 0.1) is 0 Å². The Kier molecular flexibility index (Phi) is 3.54. The number of thiazole rings is 1. The molecule has 0 saturated carbocycles. The SMILES string of the molecule is O=C(NCc1cccnc1-n1cccn1)c1cc2c(nc3sccn32)s1. The smallest absolute Gasteiger partial charge is 0.261 e. The molecule has 0 aromatic carbocycles. The van der Waals surface area contributed by atoms with E-state index in [1.807, 2.05) is 46.4 Å². The van der Waals surface area contributed by atoms with Crippen molar-refractivity contribution < 1.29 is 4.79 Å². The van der Waals surface area contributed by atoms with Gasteiger partial charge in [0.25, 0.3) is 5.91 Å². The first-order valence-corrected chi connectivity index (χ1v) is 9.56. The average molecular weight is 380 g/mol. The van der Waals surface area contributed by atoms with E-state index in [9.17, 15) is 4.79 Å². The predicted octanol–water partition coefficient (Wildman–Crippen LogP) is 3.12. The van der Waals surface area contributed by atoms with Crippen LogP contribution in [0.2, 0.25) is 0 Å². The second-order valence-electron chi connectivity index (χ2n) is 5.59. The van der Waals surface area contributed by atoms with Gasteiger partial charge in [-0.05, 0) is 18.2 Å². The number of rotatable bonds is 4. The van der Waals surface area contributed by atoms with E-state index in [-0.39, 0.29) is 5.91 Å². The molecule has 0 spiro atoms. The van der Waals surface area contributed by atoms with Crippen molar-refractivity contribution in [2.45, 2.75) is 6.54 Å². The van der Waals surface area contributed by atoms with Crippen molar-refractivity contribution >= 4 is 43.9 Å². The first-order valence-electron chi connectivity index (χ1n) is 7.87. The molecule has 0 aliphatic carbocycles. The van der Waals surface area contributed by atoms with Crippen LogP contribution in [-0.2, 0) is 6.54 Å². The van der Waals surface area contributed by atoms with Crippen LogP contribution >= 0.6 is 22.7 Å². The molecule has 5 aromatic heterocycles. The minimum absolute atomic E-state index is 0.118. The molecule has 0 fully saturated rings. The standard InChI is InChI=1S/C17H12N6OS2/c24-15(13-9-12-16(26-13)21-17-22(12)7-8-25-17)19-10-11-3-1-4-18-14(11)23-6-2-5-20-23/h1-9H,10H2,(H,19,24). The molecular formula is C17H12N6OS2. The van der Waals surface area contributed by atoms with Gasteiger partial charge in [0.2, 0.25) is 0 Å². The number of amides is 1. The monoisotopic (exact) mass is 380 g/mol. The number of pyridine rings is 1. The van der Waals surface area contributed by atoms with Gasteiger partial charge >= 0.3 is 0 Å². The summed E-state index contributed by atoms with van der Waals surface area (Å²) in [6.45, 7) is 0.373. The molecule has 0 aliphatic heterocycles. The first-order chi connectivity index (χ1) is 12.8. The van der Waals surface area contributed by atoms with Crippen molar-refractivity contribution in [3.05, 3.63) is 64.9 Å². The van der Waals surface area contributed by atoms with Crippen molar-refractivity contribution in [2.24, 2.45) is 0 Å². The van der Waals surface area contributed by atoms with E-state index in [1.54, 1.807) is 28.4 Å². The lowest BCUT2D eigenvalue weighted by Crippen LogP contribution is -2.23. The maximum absolute atomic E-state index is 12.6. The molecule has 0 unspecified atom stereocenters. The number of fused-ring (bicyclic) bond motifs is 3. The van der Waals surface area contributed by atoms with Gasteiger partial charge in [-0.2, -0.15) is 5.10 Å². The van der Waals surface area contributed by atoms with Gasteiger partial charge in [-0.3, -0.25) is 9.20 Å². The summed E-state index contributed by atoms with van der Waals surface area (Å²) in [6.07, 6.45) is 7.21. The third-order valence-electron chi connectivity index (χ3n) is 3.99. The van der Waals surface area contributed by atoms with Gasteiger partial charge in [-0.15, -0.1) is 22.7 Å². The molecule has 5 heterocycles. The maximum Gasteiger partial charge on any atom is 0.261 e. The molecule has 26 heavy (non-hydrogen) atoms. The fraction of sp³-hybridized carbons (Fsp3) is 0.0588. The summed E-state index contributed by atoms with van der Waals surface area (Å²) in [7, 11) is 0. The molecule has 0 aliphatic rings. The lowest BCUT2D eigenvalue weighted by Gasteiger charge is -2.09. The Bertz CT molecular complexity index is 1220. The van der Waals surface area contributed by atoms with Gasteiger partial charge in [-0.1, -0.05) is 6.07 Å². The molecule has 1 N–H and O–H groups in total. The van der Waals surface area contributed by atoms with Crippen molar-refractivity contribution in [1.82, 2.24) is 29.5 Å². The highest BCUT2D eigenvalue weighted by molar-refractivity contribution is 7.21. The minimum atomic E-state index is -0.118. The largest absolute Gasteiger partial charge is 0.347 e. The van der Waals surface area contributed by atoms with Crippen LogP contribution in [0.15, 0.2) is 54.4 Å². The van der Waals surface area contributed by atoms with Crippen molar-refractivity contribution in [2.75, 3.05) is 0 Å². The third-order valence-corrected chi connectivity index (χ3v) is 5.77. The molecule has 5 rings (SSSR count). The summed E-state index contributed by atoms with van der Waals surface area (Å²) in [6, 6.07) is 7.51. The molecule has 0 radical (unpaired) electrons. The van der Waals surface area contributed by atoms with Gasteiger partial charge in [-0.25, -0.2) is 14.6 Å². The Morgan fingerprint density at radius 2 is 2.19 bits per heavy atom. The fourth-order valence-corrected chi connectivity index (χ4v) is 4.51. The highest BCUT2D eigenvalue weighted by Crippen LogP contribution is 2.28. The second-order valence-corrected chi connectivity index (χ2v) is 7.49. The van der Waals surface area contributed by atoms with Crippen molar-refractivity contribution in [3.63, 3.8) is 0 Å². The number of carbonyl (C=O) groups is 1. The summed E-state index contributed by atoms with van der Waals surface area (Å²) < 4.78 is 3.69. The van der Waals surface area contributed by atoms with E-state index in [0.29, 0.717) is 17.2 Å². The number of hydrogen-bond acceptors (Lipinski definition) is 6. The molecular weight excluding hydrogens is 368 g/mol.